The Morgan fingerprint density at radius 1 is 1.22 bits per heavy atom. The molecule has 3 N–H and O–H groups in total. The Morgan fingerprint density at radius 3 is 2.70 bits per heavy atom. The third-order valence-electron chi connectivity index (χ3n) is 7.39. The summed E-state index contributed by atoms with van der Waals surface area (Å²) in [6.07, 6.45) is 3.60. The van der Waals surface area contributed by atoms with Gasteiger partial charge in [-0.05, 0) is 67.5 Å². The summed E-state index contributed by atoms with van der Waals surface area (Å²) in [5.41, 5.74) is 4.82. The lowest BCUT2D eigenvalue weighted by Gasteiger charge is -2.37. The van der Waals surface area contributed by atoms with Crippen LogP contribution in [0.4, 0.5) is 5.69 Å². The van der Waals surface area contributed by atoms with Crippen LogP contribution in [0.2, 0.25) is 5.02 Å². The molecule has 1 aliphatic carbocycles. The molecule has 0 saturated carbocycles. The number of hydrogen-bond donors (Lipinski definition) is 2. The molecule has 37 heavy (non-hydrogen) atoms. The molecule has 0 radical (unpaired) electrons. The summed E-state index contributed by atoms with van der Waals surface area (Å²) in [5, 5.41) is 24.5. The number of carbonyl (C=O) groups excluding carboxylic acids is 1. The Balaban J connectivity index is 1.45. The molecule has 1 saturated heterocycles. The fourth-order valence-electron chi connectivity index (χ4n) is 5.61. The van der Waals surface area contributed by atoms with Crippen LogP contribution in [0.25, 0.3) is 0 Å². The van der Waals surface area contributed by atoms with Gasteiger partial charge in [0.1, 0.15) is 6.07 Å². The quantitative estimate of drug-likeness (QED) is 0.576. The summed E-state index contributed by atoms with van der Waals surface area (Å²) in [7, 11) is -3.64. The van der Waals surface area contributed by atoms with Crippen LogP contribution < -0.4 is 15.5 Å². The topological polar surface area (TPSA) is 138 Å². The van der Waals surface area contributed by atoms with Crippen LogP contribution in [0.15, 0.2) is 41.5 Å². The van der Waals surface area contributed by atoms with Gasteiger partial charge in [-0.1, -0.05) is 17.7 Å². The zero-order chi connectivity index (χ0) is 26.2. The first-order chi connectivity index (χ1) is 17.7. The molecule has 0 spiro atoms. The van der Waals surface area contributed by atoms with E-state index in [0.717, 1.165) is 61.4 Å². The number of hydrazone groups is 1. The summed E-state index contributed by atoms with van der Waals surface area (Å²) in [5.74, 6) is -0.0273. The molecule has 1 fully saturated rings. The number of halogens is 1. The molecule has 2 heterocycles. The normalized spacial score (nSPS) is 21.5. The van der Waals surface area contributed by atoms with E-state index in [0.29, 0.717) is 22.1 Å². The molecule has 2 aromatic rings. The number of nitrogens with zero attached hydrogens (tertiary/aromatic N) is 3. The molecular formula is C26H28ClN5O4S. The van der Waals surface area contributed by atoms with E-state index in [1.165, 1.54) is 0 Å². The zero-order valence-electron chi connectivity index (χ0n) is 20.2. The summed E-state index contributed by atoms with van der Waals surface area (Å²) >= 11 is 6.39. The van der Waals surface area contributed by atoms with Crippen molar-refractivity contribution in [2.24, 2.45) is 22.1 Å². The van der Waals surface area contributed by atoms with E-state index in [9.17, 15) is 18.5 Å². The van der Waals surface area contributed by atoms with Crippen molar-refractivity contribution in [1.82, 2.24) is 5.32 Å². The molecule has 2 atom stereocenters. The van der Waals surface area contributed by atoms with Gasteiger partial charge in [-0.15, -0.1) is 0 Å². The van der Waals surface area contributed by atoms with Crippen LogP contribution in [0.5, 0.6) is 0 Å². The minimum Gasteiger partial charge on any atom is -0.381 e. The highest BCUT2D eigenvalue weighted by Crippen LogP contribution is 2.43. The van der Waals surface area contributed by atoms with Crippen molar-refractivity contribution in [2.75, 3.05) is 30.5 Å². The number of aryl methyl sites for hydroxylation is 1. The molecule has 0 unspecified atom stereocenters. The van der Waals surface area contributed by atoms with Crippen molar-refractivity contribution in [3.05, 3.63) is 63.7 Å². The lowest BCUT2D eigenvalue weighted by molar-refractivity contribution is 0.0543. The number of carbonyl (C=O) groups is 1. The van der Waals surface area contributed by atoms with E-state index in [-0.39, 0.29) is 30.2 Å². The zero-order valence-corrected chi connectivity index (χ0v) is 21.8. The first kappa shape index (κ1) is 25.7. The van der Waals surface area contributed by atoms with Crippen molar-refractivity contribution < 1.29 is 17.9 Å². The van der Waals surface area contributed by atoms with Crippen molar-refractivity contribution >= 4 is 38.9 Å². The van der Waals surface area contributed by atoms with E-state index in [2.05, 4.69) is 16.4 Å². The van der Waals surface area contributed by atoms with Crippen LogP contribution in [-0.2, 0) is 21.2 Å². The number of nitrogens with one attached hydrogen (secondary N) is 1. The highest BCUT2D eigenvalue weighted by molar-refractivity contribution is 7.89. The fraction of sp³-hybridized carbons (Fsp3) is 0.423. The Kier molecular flexibility index (Phi) is 7.23. The summed E-state index contributed by atoms with van der Waals surface area (Å²) in [6, 6.07) is 13.3. The number of fused-ring (bicyclic) bond motifs is 3. The molecule has 11 heteroatoms. The van der Waals surface area contributed by atoms with Crippen LogP contribution in [-0.4, -0.2) is 51.6 Å². The van der Waals surface area contributed by atoms with Crippen LogP contribution >= 0.6 is 11.6 Å². The van der Waals surface area contributed by atoms with Crippen molar-refractivity contribution in [2.45, 2.75) is 31.7 Å². The maximum absolute atomic E-state index is 12.6. The van der Waals surface area contributed by atoms with Crippen LogP contribution in [0.1, 0.15) is 46.3 Å². The first-order valence-corrected chi connectivity index (χ1v) is 14.4. The summed E-state index contributed by atoms with van der Waals surface area (Å²) in [6.45, 7) is 1.41. The average molecular weight is 542 g/mol. The Bertz CT molecular complexity index is 1400. The number of anilines is 1. The summed E-state index contributed by atoms with van der Waals surface area (Å²) in [4.78, 5) is 12.6. The van der Waals surface area contributed by atoms with Gasteiger partial charge in [-0.3, -0.25) is 9.80 Å². The second-order valence-corrected chi connectivity index (χ2v) is 11.8. The van der Waals surface area contributed by atoms with Crippen molar-refractivity contribution in [3.8, 4) is 6.07 Å². The standard InChI is InChI=1S/C26H28ClN5O4S/c27-23-14-20(4-1-19(23)15-28)32-25(16-7-10-36-11-8-16)22-6-2-17-13-18(3-5-21(17)24(22)31-32)26(33)30-9-12-37(29,34)35/h1,3-5,13-14,16,22,25H,2,6-12H2,(H,30,33)(H2,29,34,35)/t22-,25-/m0/s1. The second-order valence-electron chi connectivity index (χ2n) is 9.69. The smallest absolute Gasteiger partial charge is 0.251 e. The van der Waals surface area contributed by atoms with Gasteiger partial charge in [-0.25, -0.2) is 13.6 Å². The van der Waals surface area contributed by atoms with Gasteiger partial charge in [0.05, 0.1) is 33.8 Å². The molecule has 2 aliphatic heterocycles. The predicted octanol–water partition coefficient (Wildman–Crippen LogP) is 2.81. The number of nitriles is 1. The molecule has 3 aliphatic rings. The predicted molar refractivity (Wildman–Crippen MR) is 141 cm³/mol. The number of benzene rings is 2. The highest BCUT2D eigenvalue weighted by atomic mass is 35.5. The van der Waals surface area contributed by atoms with E-state index in [1.54, 1.807) is 12.1 Å². The van der Waals surface area contributed by atoms with Gasteiger partial charge in [0.25, 0.3) is 5.91 Å². The summed E-state index contributed by atoms with van der Waals surface area (Å²) < 4.78 is 27.9. The number of sulfonamides is 1. The molecule has 9 nitrogen and oxygen atoms in total. The minimum absolute atomic E-state index is 0.0432. The van der Waals surface area contributed by atoms with Gasteiger partial charge >= 0.3 is 0 Å². The van der Waals surface area contributed by atoms with E-state index < -0.39 is 10.0 Å². The van der Waals surface area contributed by atoms with E-state index in [4.69, 9.17) is 26.6 Å². The highest BCUT2D eigenvalue weighted by Gasteiger charge is 2.45. The molecule has 0 aromatic heterocycles. The second kappa shape index (κ2) is 10.4. The van der Waals surface area contributed by atoms with Gasteiger partial charge in [-0.2, -0.15) is 10.4 Å². The molecule has 0 bridgehead atoms. The first-order valence-electron chi connectivity index (χ1n) is 12.3. The van der Waals surface area contributed by atoms with Gasteiger partial charge in [0, 0.05) is 36.8 Å². The Morgan fingerprint density at radius 2 is 2.00 bits per heavy atom. The SMILES string of the molecule is N#Cc1ccc(N2N=C3c4ccc(C(=O)NCCS(N)(=O)=O)cc4CC[C@@H]3[C@@H]2C2CCOCC2)cc1Cl. The minimum atomic E-state index is -3.64. The lowest BCUT2D eigenvalue weighted by Crippen LogP contribution is -2.43. The third-order valence-corrected chi connectivity index (χ3v) is 8.47. The van der Waals surface area contributed by atoms with E-state index >= 15 is 0 Å². The number of amides is 1. The number of primary sulfonamides is 1. The van der Waals surface area contributed by atoms with Gasteiger partial charge < -0.3 is 10.1 Å². The number of nitrogens with two attached hydrogens (primary N) is 1. The fourth-order valence-corrected chi connectivity index (χ4v) is 6.22. The van der Waals surface area contributed by atoms with Crippen molar-refractivity contribution in [3.63, 3.8) is 0 Å². The third kappa shape index (κ3) is 5.36. The van der Waals surface area contributed by atoms with E-state index in [1.807, 2.05) is 24.3 Å². The maximum atomic E-state index is 12.6. The monoisotopic (exact) mass is 541 g/mol. The average Bonchev–Trinajstić information content (AvgIpc) is 3.28. The van der Waals surface area contributed by atoms with Crippen LogP contribution in [0, 0.1) is 23.2 Å². The molecular weight excluding hydrogens is 514 g/mol. The molecule has 5 rings (SSSR count). The lowest BCUT2D eigenvalue weighted by atomic mass is 9.73. The Labute approximate surface area is 221 Å². The molecule has 194 valence electrons. The van der Waals surface area contributed by atoms with Gasteiger partial charge in [0.15, 0.2) is 0 Å². The molecule has 1 amide bonds. The molecule has 2 aromatic carbocycles. The van der Waals surface area contributed by atoms with Gasteiger partial charge in [0.2, 0.25) is 10.0 Å². The Hall–Kier alpha value is -2.97. The number of hydrogen-bond acceptors (Lipinski definition) is 7. The van der Waals surface area contributed by atoms with Crippen molar-refractivity contribution in [1.29, 1.82) is 5.26 Å². The largest absolute Gasteiger partial charge is 0.381 e. The number of ether oxygens (including phenoxy) is 1. The number of rotatable bonds is 6. The van der Waals surface area contributed by atoms with Crippen LogP contribution in [0.3, 0.4) is 0 Å². The maximum Gasteiger partial charge on any atom is 0.251 e.